The standard InChI is InChI=1S/C25H32N4O6S/c1-6-34-24(30)23(14-17(3)4)29(25(31)35-7-2)36(32,33)20-10-8-19(9-11-20)16-28-18(5)27-21-15-26-13-12-22(21)28/h8-13,15,17,23H,6-7,14,16H2,1-5H3/t23-/m0/s1. The lowest BCUT2D eigenvalue weighted by Gasteiger charge is -2.29. The van der Waals surface area contributed by atoms with Gasteiger partial charge in [0.2, 0.25) is 0 Å². The number of aromatic nitrogens is 3. The molecule has 0 N–H and O–H groups in total. The van der Waals surface area contributed by atoms with Gasteiger partial charge in [-0.1, -0.05) is 26.0 Å². The predicted molar refractivity (Wildman–Crippen MR) is 134 cm³/mol. The minimum atomic E-state index is -4.42. The first-order valence-electron chi connectivity index (χ1n) is 11.8. The maximum Gasteiger partial charge on any atom is 0.424 e. The zero-order valence-electron chi connectivity index (χ0n) is 21.2. The van der Waals surface area contributed by atoms with Crippen LogP contribution in [0.4, 0.5) is 4.79 Å². The molecule has 11 heteroatoms. The third-order valence-corrected chi connectivity index (χ3v) is 7.34. The molecule has 0 aliphatic carbocycles. The summed E-state index contributed by atoms with van der Waals surface area (Å²) in [6, 6.07) is 6.71. The molecule has 0 saturated heterocycles. The van der Waals surface area contributed by atoms with Gasteiger partial charge in [-0.05, 0) is 56.9 Å². The van der Waals surface area contributed by atoms with Gasteiger partial charge in [-0.25, -0.2) is 23.0 Å². The summed E-state index contributed by atoms with van der Waals surface area (Å²) in [6.07, 6.45) is 2.36. The van der Waals surface area contributed by atoms with Crippen LogP contribution in [0, 0.1) is 12.8 Å². The Balaban J connectivity index is 1.96. The SMILES string of the molecule is CCOC(=O)[C@H](CC(C)C)N(C(=O)OCC)S(=O)(=O)c1ccc(Cn2c(C)nc3cnccc32)cc1. The number of carbonyl (C=O) groups excluding carboxylic acids is 2. The topological polar surface area (TPSA) is 121 Å². The monoisotopic (exact) mass is 516 g/mol. The molecule has 10 nitrogen and oxygen atoms in total. The van der Waals surface area contributed by atoms with Gasteiger partial charge in [0.05, 0.1) is 29.8 Å². The maximum absolute atomic E-state index is 13.6. The van der Waals surface area contributed by atoms with Gasteiger partial charge in [-0.15, -0.1) is 0 Å². The number of carbonyl (C=O) groups is 2. The van der Waals surface area contributed by atoms with Gasteiger partial charge in [0, 0.05) is 12.7 Å². The van der Waals surface area contributed by atoms with E-state index in [1.165, 1.54) is 12.1 Å². The highest BCUT2D eigenvalue weighted by atomic mass is 32.2. The van der Waals surface area contributed by atoms with E-state index in [-0.39, 0.29) is 30.4 Å². The number of aryl methyl sites for hydroxylation is 1. The Hall–Kier alpha value is -3.47. The summed E-state index contributed by atoms with van der Waals surface area (Å²) in [7, 11) is -4.42. The Kier molecular flexibility index (Phi) is 8.67. The molecule has 3 aromatic rings. The zero-order chi connectivity index (χ0) is 26.5. The van der Waals surface area contributed by atoms with E-state index in [9.17, 15) is 18.0 Å². The number of ether oxygens (including phenoxy) is 2. The predicted octanol–water partition coefficient (Wildman–Crippen LogP) is 3.91. The average Bonchev–Trinajstić information content (AvgIpc) is 3.14. The molecule has 3 rings (SSSR count). The molecule has 0 radical (unpaired) electrons. The van der Waals surface area contributed by atoms with Crippen molar-refractivity contribution >= 4 is 33.1 Å². The van der Waals surface area contributed by atoms with E-state index in [1.807, 2.05) is 31.4 Å². The van der Waals surface area contributed by atoms with Crippen molar-refractivity contribution in [1.82, 2.24) is 18.8 Å². The number of amides is 1. The van der Waals surface area contributed by atoms with Crippen molar-refractivity contribution in [3.8, 4) is 0 Å². The highest BCUT2D eigenvalue weighted by Gasteiger charge is 2.42. The number of hydrogen-bond acceptors (Lipinski definition) is 8. The maximum atomic E-state index is 13.6. The van der Waals surface area contributed by atoms with Gasteiger partial charge < -0.3 is 14.0 Å². The second kappa shape index (κ2) is 11.5. The molecule has 2 aromatic heterocycles. The molecular weight excluding hydrogens is 484 g/mol. The zero-order valence-corrected chi connectivity index (χ0v) is 22.0. The Morgan fingerprint density at radius 1 is 1.06 bits per heavy atom. The smallest absolute Gasteiger partial charge is 0.424 e. The molecule has 1 aromatic carbocycles. The quantitative estimate of drug-likeness (QED) is 0.372. The van der Waals surface area contributed by atoms with E-state index in [2.05, 4.69) is 9.97 Å². The molecule has 0 saturated carbocycles. The molecule has 0 aliphatic heterocycles. The molecule has 0 unspecified atom stereocenters. The van der Waals surface area contributed by atoms with Crippen molar-refractivity contribution in [2.24, 2.45) is 5.92 Å². The van der Waals surface area contributed by atoms with Crippen molar-refractivity contribution in [3.05, 3.63) is 54.1 Å². The molecule has 1 amide bonds. The first-order valence-corrected chi connectivity index (χ1v) is 13.3. The van der Waals surface area contributed by atoms with Gasteiger partial charge >= 0.3 is 12.1 Å². The summed E-state index contributed by atoms with van der Waals surface area (Å²) in [5.41, 5.74) is 2.52. The van der Waals surface area contributed by atoms with Gasteiger partial charge in [-0.3, -0.25) is 4.98 Å². The van der Waals surface area contributed by atoms with E-state index in [1.54, 1.807) is 38.4 Å². The molecule has 36 heavy (non-hydrogen) atoms. The lowest BCUT2D eigenvalue weighted by molar-refractivity contribution is -0.147. The second-order valence-corrected chi connectivity index (χ2v) is 10.5. The Bertz CT molecular complexity index is 1320. The second-order valence-electron chi connectivity index (χ2n) is 8.65. The number of hydrogen-bond donors (Lipinski definition) is 0. The Morgan fingerprint density at radius 2 is 1.72 bits per heavy atom. The first-order chi connectivity index (χ1) is 17.1. The molecule has 0 spiro atoms. The summed E-state index contributed by atoms with van der Waals surface area (Å²) < 4.78 is 39.9. The van der Waals surface area contributed by atoms with Crippen molar-refractivity contribution in [2.45, 2.75) is 58.5 Å². The fourth-order valence-electron chi connectivity index (χ4n) is 3.92. The van der Waals surface area contributed by atoms with Crippen molar-refractivity contribution in [1.29, 1.82) is 0 Å². The van der Waals surface area contributed by atoms with Crippen LogP contribution in [0.5, 0.6) is 0 Å². The number of pyridine rings is 1. The lowest BCUT2D eigenvalue weighted by Crippen LogP contribution is -2.50. The minimum Gasteiger partial charge on any atom is -0.464 e. The van der Waals surface area contributed by atoms with E-state index in [4.69, 9.17) is 9.47 Å². The number of imidazole rings is 1. The normalized spacial score (nSPS) is 12.5. The van der Waals surface area contributed by atoms with Gasteiger partial charge in [0.1, 0.15) is 17.4 Å². The summed E-state index contributed by atoms with van der Waals surface area (Å²) in [5.74, 6) is -0.0806. The van der Waals surface area contributed by atoms with Crippen LogP contribution in [-0.2, 0) is 30.8 Å². The van der Waals surface area contributed by atoms with E-state index in [0.717, 1.165) is 22.4 Å². The molecule has 1 atom stereocenters. The summed E-state index contributed by atoms with van der Waals surface area (Å²) in [5, 5.41) is 0. The van der Waals surface area contributed by atoms with Gasteiger partial charge in [0.25, 0.3) is 10.0 Å². The first kappa shape index (κ1) is 27.1. The van der Waals surface area contributed by atoms with Crippen molar-refractivity contribution < 1.29 is 27.5 Å². The Labute approximate surface area is 211 Å². The van der Waals surface area contributed by atoms with Crippen molar-refractivity contribution in [2.75, 3.05) is 13.2 Å². The summed E-state index contributed by atoms with van der Waals surface area (Å²) in [4.78, 5) is 34.0. The number of esters is 1. The van der Waals surface area contributed by atoms with Crippen LogP contribution < -0.4 is 0 Å². The Morgan fingerprint density at radius 3 is 2.33 bits per heavy atom. The van der Waals surface area contributed by atoms with Crippen LogP contribution in [0.1, 0.15) is 45.5 Å². The molecule has 194 valence electrons. The third kappa shape index (κ3) is 5.84. The van der Waals surface area contributed by atoms with Crippen LogP contribution in [-0.4, -0.2) is 58.6 Å². The molecule has 0 aliphatic rings. The van der Waals surface area contributed by atoms with Crippen LogP contribution in [0.25, 0.3) is 11.0 Å². The molecule has 0 bridgehead atoms. The number of nitrogens with zero attached hydrogens (tertiary/aromatic N) is 4. The van der Waals surface area contributed by atoms with Crippen LogP contribution in [0.3, 0.4) is 0 Å². The number of benzene rings is 1. The fraction of sp³-hybridized carbons (Fsp3) is 0.440. The lowest BCUT2D eigenvalue weighted by atomic mass is 10.0. The van der Waals surface area contributed by atoms with Gasteiger partial charge in [-0.2, -0.15) is 4.31 Å². The number of fused-ring (bicyclic) bond motifs is 1. The summed E-state index contributed by atoms with van der Waals surface area (Å²) >= 11 is 0. The molecule has 2 heterocycles. The average molecular weight is 517 g/mol. The van der Waals surface area contributed by atoms with E-state index in [0.29, 0.717) is 10.8 Å². The molecule has 0 fully saturated rings. The largest absolute Gasteiger partial charge is 0.464 e. The number of rotatable bonds is 10. The third-order valence-electron chi connectivity index (χ3n) is 5.55. The number of sulfonamides is 1. The van der Waals surface area contributed by atoms with Crippen LogP contribution in [0.15, 0.2) is 47.6 Å². The molecular formula is C25H32N4O6S. The van der Waals surface area contributed by atoms with Gasteiger partial charge in [0.15, 0.2) is 0 Å². The summed E-state index contributed by atoms with van der Waals surface area (Å²) in [6.45, 7) is 9.20. The minimum absolute atomic E-state index is 0.0469. The fourth-order valence-corrected chi connectivity index (χ4v) is 5.38. The van der Waals surface area contributed by atoms with Crippen LogP contribution in [0.2, 0.25) is 0 Å². The van der Waals surface area contributed by atoms with Crippen molar-refractivity contribution in [3.63, 3.8) is 0 Å². The van der Waals surface area contributed by atoms with E-state index < -0.39 is 28.1 Å². The highest BCUT2D eigenvalue weighted by Crippen LogP contribution is 2.25. The highest BCUT2D eigenvalue weighted by molar-refractivity contribution is 7.89. The van der Waals surface area contributed by atoms with Crippen LogP contribution >= 0.6 is 0 Å². The van der Waals surface area contributed by atoms with E-state index >= 15 is 0 Å².